The monoisotopic (exact) mass is 485 g/mol. The van der Waals surface area contributed by atoms with Crippen LogP contribution in [0.1, 0.15) is 111 Å². The highest BCUT2D eigenvalue weighted by molar-refractivity contribution is 5.75. The zero-order chi connectivity index (χ0) is 24.8. The van der Waals surface area contributed by atoms with Gasteiger partial charge in [0.05, 0.1) is 18.3 Å². The van der Waals surface area contributed by atoms with Gasteiger partial charge in [0.15, 0.2) is 0 Å². The summed E-state index contributed by atoms with van der Waals surface area (Å²) in [4.78, 5) is 14.4. The maximum absolute atomic E-state index is 12.5. The lowest BCUT2D eigenvalue weighted by Crippen LogP contribution is -2.54. The van der Waals surface area contributed by atoms with Crippen LogP contribution in [0.5, 0.6) is 0 Å². The standard InChI is InChI=1S/C31H51NO3/c1-6-7-8-27(34)32(5)18-20-9-10-22-24(35-20)17-23-21-11-12-25-28(2,3)26(33)13-14-31(25)19-30(21,31)16-15-29(22,23)4/h20-26,33H,6-19H2,1-5H3/t20?,21?,22?,23?,24?,25?,26-,29?,30?,31+/m0/s1. The smallest absolute Gasteiger partial charge is 0.222 e. The minimum Gasteiger partial charge on any atom is -0.393 e. The van der Waals surface area contributed by atoms with Crippen molar-refractivity contribution >= 4 is 5.91 Å². The Morgan fingerprint density at radius 2 is 1.74 bits per heavy atom. The largest absolute Gasteiger partial charge is 0.393 e. The number of rotatable bonds is 5. The molecular formula is C31H51NO3. The summed E-state index contributed by atoms with van der Waals surface area (Å²) in [6.45, 7) is 10.3. The van der Waals surface area contributed by atoms with Gasteiger partial charge < -0.3 is 14.7 Å². The van der Waals surface area contributed by atoms with Crippen molar-refractivity contribution in [3.8, 4) is 0 Å². The molecule has 6 rings (SSSR count). The molecule has 1 N–H and O–H groups in total. The molecule has 4 nitrogen and oxygen atoms in total. The third-order valence-corrected chi connectivity index (χ3v) is 13.3. The zero-order valence-corrected chi connectivity index (χ0v) is 23.2. The van der Waals surface area contributed by atoms with Gasteiger partial charge in [-0.3, -0.25) is 4.79 Å². The molecule has 1 saturated heterocycles. The van der Waals surface area contributed by atoms with E-state index in [4.69, 9.17) is 4.74 Å². The molecule has 6 fully saturated rings. The van der Waals surface area contributed by atoms with Crippen LogP contribution in [0.3, 0.4) is 0 Å². The van der Waals surface area contributed by atoms with E-state index in [9.17, 15) is 9.90 Å². The quantitative estimate of drug-likeness (QED) is 0.504. The third kappa shape index (κ3) is 3.33. The van der Waals surface area contributed by atoms with Gasteiger partial charge >= 0.3 is 0 Å². The van der Waals surface area contributed by atoms with E-state index in [2.05, 4.69) is 27.7 Å². The van der Waals surface area contributed by atoms with Crippen molar-refractivity contribution in [2.75, 3.05) is 13.6 Å². The Labute approximate surface area is 213 Å². The number of hydrogen-bond acceptors (Lipinski definition) is 3. The average Bonchev–Trinajstić information content (AvgIpc) is 3.40. The van der Waals surface area contributed by atoms with E-state index in [0.717, 1.165) is 44.1 Å². The van der Waals surface area contributed by atoms with Gasteiger partial charge in [0.1, 0.15) is 0 Å². The predicted molar refractivity (Wildman–Crippen MR) is 139 cm³/mol. The van der Waals surface area contributed by atoms with E-state index in [1.54, 1.807) is 0 Å². The first-order chi connectivity index (χ1) is 16.6. The maximum atomic E-state index is 12.5. The van der Waals surface area contributed by atoms with Crippen LogP contribution in [0.15, 0.2) is 0 Å². The highest BCUT2D eigenvalue weighted by Crippen LogP contribution is 2.87. The molecule has 0 aromatic rings. The molecule has 5 aliphatic carbocycles. The number of hydrogen-bond donors (Lipinski definition) is 1. The Bertz CT molecular complexity index is 856. The molecule has 0 bridgehead atoms. The Morgan fingerprint density at radius 1 is 0.971 bits per heavy atom. The van der Waals surface area contributed by atoms with Gasteiger partial charge in [-0.15, -0.1) is 0 Å². The van der Waals surface area contributed by atoms with Crippen LogP contribution < -0.4 is 0 Å². The van der Waals surface area contributed by atoms with Crippen molar-refractivity contribution in [3.05, 3.63) is 0 Å². The fraction of sp³-hybridized carbons (Fsp3) is 0.968. The topological polar surface area (TPSA) is 49.8 Å². The van der Waals surface area contributed by atoms with Gasteiger partial charge in [0.2, 0.25) is 5.91 Å². The van der Waals surface area contributed by atoms with Crippen molar-refractivity contribution in [1.29, 1.82) is 0 Å². The lowest BCUT2D eigenvalue weighted by atomic mass is 9.46. The van der Waals surface area contributed by atoms with Gasteiger partial charge in [-0.1, -0.05) is 34.1 Å². The summed E-state index contributed by atoms with van der Waals surface area (Å²) in [5.41, 5.74) is 1.61. The highest BCUT2D eigenvalue weighted by Gasteiger charge is 2.80. The molecule has 8 unspecified atom stereocenters. The summed E-state index contributed by atoms with van der Waals surface area (Å²) in [7, 11) is 1.97. The summed E-state index contributed by atoms with van der Waals surface area (Å²) >= 11 is 0. The molecule has 10 atom stereocenters. The minimum atomic E-state index is -0.118. The molecule has 6 aliphatic rings. The van der Waals surface area contributed by atoms with E-state index < -0.39 is 0 Å². The molecular weight excluding hydrogens is 434 g/mol. The maximum Gasteiger partial charge on any atom is 0.222 e. The fourth-order valence-electron chi connectivity index (χ4n) is 11.4. The number of aliphatic hydroxyl groups is 1. The first-order valence-electron chi connectivity index (χ1n) is 15.2. The predicted octanol–water partition coefficient (Wildman–Crippen LogP) is 6.20. The van der Waals surface area contributed by atoms with Gasteiger partial charge in [-0.25, -0.2) is 0 Å². The summed E-state index contributed by atoms with van der Waals surface area (Å²) in [5.74, 6) is 3.38. The molecule has 0 aromatic carbocycles. The Hall–Kier alpha value is -0.610. The van der Waals surface area contributed by atoms with E-state index >= 15 is 0 Å². The second kappa shape index (κ2) is 8.19. The summed E-state index contributed by atoms with van der Waals surface area (Å²) in [5, 5.41) is 10.9. The molecule has 2 spiro atoms. The average molecular weight is 486 g/mol. The molecule has 5 saturated carbocycles. The number of amides is 1. The molecule has 0 aromatic heterocycles. The number of ether oxygens (including phenoxy) is 1. The molecule has 0 radical (unpaired) electrons. The summed E-state index contributed by atoms with van der Waals surface area (Å²) in [6.07, 6.45) is 16.1. The first-order valence-corrected chi connectivity index (χ1v) is 15.2. The van der Waals surface area contributed by atoms with Crippen LogP contribution in [0.25, 0.3) is 0 Å². The number of fused-ring (bicyclic) bond motifs is 4. The van der Waals surface area contributed by atoms with Crippen molar-refractivity contribution in [3.63, 3.8) is 0 Å². The summed E-state index contributed by atoms with van der Waals surface area (Å²) in [6, 6.07) is 0. The van der Waals surface area contributed by atoms with E-state index in [1.807, 2.05) is 11.9 Å². The number of unbranched alkanes of at least 4 members (excludes halogenated alkanes) is 1. The van der Waals surface area contributed by atoms with Crippen molar-refractivity contribution in [1.82, 2.24) is 4.90 Å². The molecule has 1 heterocycles. The van der Waals surface area contributed by atoms with Crippen LogP contribution in [-0.2, 0) is 9.53 Å². The number of carbonyl (C=O) groups is 1. The fourth-order valence-corrected chi connectivity index (χ4v) is 11.4. The van der Waals surface area contributed by atoms with E-state index in [1.165, 1.54) is 51.4 Å². The summed E-state index contributed by atoms with van der Waals surface area (Å²) < 4.78 is 6.84. The van der Waals surface area contributed by atoms with Gasteiger partial charge in [0.25, 0.3) is 0 Å². The normalized spacial score (nSPS) is 51.3. The zero-order valence-electron chi connectivity index (χ0n) is 23.2. The third-order valence-electron chi connectivity index (χ3n) is 13.3. The van der Waals surface area contributed by atoms with Crippen LogP contribution in [-0.4, -0.2) is 47.8 Å². The molecule has 198 valence electrons. The molecule has 1 amide bonds. The van der Waals surface area contributed by atoms with Crippen LogP contribution in [0.4, 0.5) is 0 Å². The van der Waals surface area contributed by atoms with Gasteiger partial charge in [-0.05, 0) is 116 Å². The van der Waals surface area contributed by atoms with Crippen molar-refractivity contribution in [2.24, 2.45) is 45.3 Å². The number of aliphatic hydroxyl groups excluding tert-OH is 1. The van der Waals surface area contributed by atoms with Crippen LogP contribution in [0, 0.1) is 45.3 Å². The molecule has 35 heavy (non-hydrogen) atoms. The van der Waals surface area contributed by atoms with Crippen LogP contribution >= 0.6 is 0 Å². The first kappa shape index (κ1) is 24.7. The molecule has 1 aliphatic heterocycles. The lowest BCUT2D eigenvalue weighted by molar-refractivity contribution is -0.139. The Balaban J connectivity index is 1.16. The Kier molecular flexibility index (Phi) is 5.78. The second-order valence-electron chi connectivity index (χ2n) is 14.8. The van der Waals surface area contributed by atoms with E-state index in [-0.39, 0.29) is 23.5 Å². The van der Waals surface area contributed by atoms with Crippen molar-refractivity contribution < 1.29 is 14.6 Å². The minimum absolute atomic E-state index is 0.0774. The molecule has 4 heteroatoms. The highest BCUT2D eigenvalue weighted by atomic mass is 16.5. The van der Waals surface area contributed by atoms with E-state index in [0.29, 0.717) is 40.6 Å². The number of likely N-dealkylation sites (N-methyl/N-ethyl adjacent to an activating group) is 1. The Morgan fingerprint density at radius 3 is 2.51 bits per heavy atom. The second-order valence-corrected chi connectivity index (χ2v) is 14.8. The SMILES string of the molecule is CCCCC(=O)N(C)CC1CCC2C(CC3C4CCC5C(C)(C)[C@@H](O)CC[C@@]56CC46CCC23C)O1. The van der Waals surface area contributed by atoms with Crippen LogP contribution in [0.2, 0.25) is 0 Å². The van der Waals surface area contributed by atoms with Gasteiger partial charge in [0, 0.05) is 20.0 Å². The number of carbonyl (C=O) groups excluding carboxylic acids is 1. The van der Waals surface area contributed by atoms with Gasteiger partial charge in [-0.2, -0.15) is 0 Å². The number of nitrogens with zero attached hydrogens (tertiary/aromatic N) is 1. The van der Waals surface area contributed by atoms with Crippen molar-refractivity contribution in [2.45, 2.75) is 129 Å². The lowest BCUT2D eigenvalue weighted by Gasteiger charge is -2.59.